The summed E-state index contributed by atoms with van der Waals surface area (Å²) in [5, 5.41) is 0. The van der Waals surface area contributed by atoms with Crippen molar-refractivity contribution in [3.8, 4) is 0 Å². The van der Waals surface area contributed by atoms with Gasteiger partial charge in [-0.3, -0.25) is 14.7 Å². The summed E-state index contributed by atoms with van der Waals surface area (Å²) in [7, 11) is -4.31. The Labute approximate surface area is 197 Å². The molecule has 34 heavy (non-hydrogen) atoms. The third kappa shape index (κ3) is 5.42. The molecule has 0 unspecified atom stereocenters. The van der Waals surface area contributed by atoms with E-state index in [4.69, 9.17) is 0 Å². The molecule has 0 N–H and O–H groups in total. The highest BCUT2D eigenvalue weighted by Crippen LogP contribution is 2.36. The molecule has 3 heterocycles. The summed E-state index contributed by atoms with van der Waals surface area (Å²) < 4.78 is 66.9. The number of pyridine rings is 1. The number of carbonyl (C=O) groups is 1. The number of halogens is 3. The number of benzene rings is 1. The molecule has 4 rings (SSSR count). The van der Waals surface area contributed by atoms with Crippen LogP contribution in [0.3, 0.4) is 0 Å². The standard InChI is InChI=1S/C23H27F3N4O3S/c24-23(25,26)20-6-1-2-7-21(20)34(32,33)30-11-8-18(9-12-30)22(31)29-15-13-28(14-16-29)17-19-5-3-4-10-27-19/h1-7,10,18H,8-9,11-17H2. The van der Waals surface area contributed by atoms with Crippen molar-refractivity contribution in [1.82, 2.24) is 19.1 Å². The Kier molecular flexibility index (Phi) is 7.25. The average molecular weight is 497 g/mol. The molecule has 184 valence electrons. The van der Waals surface area contributed by atoms with Gasteiger partial charge in [-0.25, -0.2) is 8.42 Å². The van der Waals surface area contributed by atoms with Crippen molar-refractivity contribution < 1.29 is 26.4 Å². The van der Waals surface area contributed by atoms with Crippen molar-refractivity contribution in [2.45, 2.75) is 30.5 Å². The molecule has 1 aromatic heterocycles. The fraction of sp³-hybridized carbons (Fsp3) is 0.478. The monoisotopic (exact) mass is 496 g/mol. The summed E-state index contributed by atoms with van der Waals surface area (Å²) in [5.41, 5.74) is -0.195. The summed E-state index contributed by atoms with van der Waals surface area (Å²) in [6.07, 6.45) is -2.43. The minimum absolute atomic E-state index is 0.00905. The van der Waals surface area contributed by atoms with E-state index in [2.05, 4.69) is 9.88 Å². The molecule has 0 radical (unpaired) electrons. The Morgan fingerprint density at radius 3 is 2.21 bits per heavy atom. The molecule has 2 aromatic rings. The summed E-state index contributed by atoms with van der Waals surface area (Å²) in [4.78, 5) is 20.6. The largest absolute Gasteiger partial charge is 0.417 e. The van der Waals surface area contributed by atoms with Gasteiger partial charge in [0, 0.05) is 57.9 Å². The maximum Gasteiger partial charge on any atom is 0.417 e. The van der Waals surface area contributed by atoms with Gasteiger partial charge in [-0.15, -0.1) is 0 Å². The highest BCUT2D eigenvalue weighted by Gasteiger charge is 2.40. The van der Waals surface area contributed by atoms with Crippen LogP contribution in [0.15, 0.2) is 53.6 Å². The van der Waals surface area contributed by atoms with Crippen LogP contribution in [0.1, 0.15) is 24.1 Å². The number of rotatable bonds is 5. The van der Waals surface area contributed by atoms with Gasteiger partial charge in [0.15, 0.2) is 0 Å². The fourth-order valence-corrected chi connectivity index (χ4v) is 6.20. The molecule has 0 saturated carbocycles. The van der Waals surface area contributed by atoms with Gasteiger partial charge in [0.05, 0.1) is 16.2 Å². The minimum Gasteiger partial charge on any atom is -0.340 e. The molecule has 0 spiro atoms. The predicted molar refractivity (Wildman–Crippen MR) is 119 cm³/mol. The number of amides is 1. The first-order valence-corrected chi connectivity index (χ1v) is 12.7. The second-order valence-electron chi connectivity index (χ2n) is 8.59. The zero-order valence-electron chi connectivity index (χ0n) is 18.6. The first-order chi connectivity index (χ1) is 16.2. The molecule has 11 heteroatoms. The molecule has 7 nitrogen and oxygen atoms in total. The molecule has 0 bridgehead atoms. The van der Waals surface area contributed by atoms with Gasteiger partial charge in [0.2, 0.25) is 15.9 Å². The van der Waals surface area contributed by atoms with Crippen LogP contribution in [-0.4, -0.2) is 72.7 Å². The number of sulfonamides is 1. The average Bonchev–Trinajstić information content (AvgIpc) is 2.84. The second-order valence-corrected chi connectivity index (χ2v) is 10.5. The van der Waals surface area contributed by atoms with Crippen molar-refractivity contribution in [2.24, 2.45) is 5.92 Å². The van der Waals surface area contributed by atoms with Crippen molar-refractivity contribution >= 4 is 15.9 Å². The number of piperidine rings is 1. The van der Waals surface area contributed by atoms with Gasteiger partial charge >= 0.3 is 6.18 Å². The number of alkyl halides is 3. The van der Waals surface area contributed by atoms with Gasteiger partial charge in [0.25, 0.3) is 0 Å². The lowest BCUT2D eigenvalue weighted by molar-refractivity contribution is -0.140. The van der Waals surface area contributed by atoms with E-state index in [1.165, 1.54) is 12.1 Å². The number of carbonyl (C=O) groups excluding carboxylic acids is 1. The Morgan fingerprint density at radius 1 is 0.941 bits per heavy atom. The predicted octanol–water partition coefficient (Wildman–Crippen LogP) is 2.85. The van der Waals surface area contributed by atoms with E-state index in [0.717, 1.165) is 41.8 Å². The van der Waals surface area contributed by atoms with Crippen LogP contribution in [0.5, 0.6) is 0 Å². The third-order valence-corrected chi connectivity index (χ3v) is 8.37. The number of piperazine rings is 1. The molecule has 0 atom stereocenters. The normalized spacial score (nSPS) is 19.3. The van der Waals surface area contributed by atoms with Gasteiger partial charge in [-0.1, -0.05) is 18.2 Å². The quantitative estimate of drug-likeness (QED) is 0.637. The van der Waals surface area contributed by atoms with Gasteiger partial charge in [-0.05, 0) is 37.1 Å². The topological polar surface area (TPSA) is 73.8 Å². The zero-order valence-corrected chi connectivity index (χ0v) is 19.4. The first kappa shape index (κ1) is 24.6. The zero-order chi connectivity index (χ0) is 24.3. The van der Waals surface area contributed by atoms with Crippen molar-refractivity contribution in [2.75, 3.05) is 39.3 Å². The Hall–Kier alpha value is -2.50. The third-order valence-electron chi connectivity index (χ3n) is 6.41. The molecule has 1 amide bonds. The van der Waals surface area contributed by atoms with Crippen LogP contribution in [0.2, 0.25) is 0 Å². The maximum atomic E-state index is 13.3. The van der Waals surface area contributed by atoms with Crippen LogP contribution in [0.25, 0.3) is 0 Å². The summed E-state index contributed by atoms with van der Waals surface area (Å²) in [6, 6.07) is 9.99. The number of nitrogens with zero attached hydrogens (tertiary/aromatic N) is 4. The lowest BCUT2D eigenvalue weighted by atomic mass is 9.96. The molecule has 2 fully saturated rings. The van der Waals surface area contributed by atoms with E-state index in [1.807, 2.05) is 23.1 Å². The fourth-order valence-electron chi connectivity index (χ4n) is 4.51. The molecule has 1 aromatic carbocycles. The molecular weight excluding hydrogens is 469 g/mol. The van der Waals surface area contributed by atoms with E-state index in [-0.39, 0.29) is 24.9 Å². The Balaban J connectivity index is 1.32. The van der Waals surface area contributed by atoms with Crippen molar-refractivity contribution in [3.63, 3.8) is 0 Å². The molecular formula is C23H27F3N4O3S. The van der Waals surface area contributed by atoms with Crippen LogP contribution in [-0.2, 0) is 27.5 Å². The maximum absolute atomic E-state index is 13.3. The summed E-state index contributed by atoms with van der Waals surface area (Å²) in [5.74, 6) is -0.336. The summed E-state index contributed by atoms with van der Waals surface area (Å²) in [6.45, 7) is 3.38. The Bertz CT molecular complexity index is 1100. The Morgan fingerprint density at radius 2 is 1.59 bits per heavy atom. The van der Waals surface area contributed by atoms with Crippen molar-refractivity contribution in [3.05, 3.63) is 59.9 Å². The molecule has 2 aliphatic heterocycles. The van der Waals surface area contributed by atoms with E-state index in [1.54, 1.807) is 6.20 Å². The highest BCUT2D eigenvalue weighted by atomic mass is 32.2. The van der Waals surface area contributed by atoms with Gasteiger partial charge in [0.1, 0.15) is 0 Å². The lowest BCUT2D eigenvalue weighted by Gasteiger charge is -2.38. The van der Waals surface area contributed by atoms with Crippen LogP contribution >= 0.6 is 0 Å². The highest BCUT2D eigenvalue weighted by molar-refractivity contribution is 7.89. The van der Waals surface area contributed by atoms with E-state index in [0.29, 0.717) is 25.9 Å². The van der Waals surface area contributed by atoms with E-state index in [9.17, 15) is 26.4 Å². The smallest absolute Gasteiger partial charge is 0.340 e. The van der Waals surface area contributed by atoms with Crippen LogP contribution in [0, 0.1) is 5.92 Å². The molecule has 2 saturated heterocycles. The van der Waals surface area contributed by atoms with E-state index < -0.39 is 26.7 Å². The number of hydrogen-bond acceptors (Lipinski definition) is 5. The lowest BCUT2D eigenvalue weighted by Crippen LogP contribution is -2.51. The second kappa shape index (κ2) is 10.0. The van der Waals surface area contributed by atoms with Crippen LogP contribution in [0.4, 0.5) is 13.2 Å². The first-order valence-electron chi connectivity index (χ1n) is 11.2. The molecule has 2 aliphatic rings. The van der Waals surface area contributed by atoms with Gasteiger partial charge < -0.3 is 4.90 Å². The van der Waals surface area contributed by atoms with Crippen molar-refractivity contribution in [1.29, 1.82) is 0 Å². The van der Waals surface area contributed by atoms with Gasteiger partial charge in [-0.2, -0.15) is 17.5 Å². The minimum atomic E-state index is -4.77. The number of aromatic nitrogens is 1. The molecule has 0 aliphatic carbocycles. The summed E-state index contributed by atoms with van der Waals surface area (Å²) >= 11 is 0. The SMILES string of the molecule is O=C(C1CCN(S(=O)(=O)c2ccccc2C(F)(F)F)CC1)N1CCN(Cc2ccccn2)CC1. The van der Waals surface area contributed by atoms with Crippen LogP contribution < -0.4 is 0 Å². The number of hydrogen-bond donors (Lipinski definition) is 0. The van der Waals surface area contributed by atoms with E-state index >= 15 is 0 Å².